The smallest absolute Gasteiger partial charge is 0.0224 e. The van der Waals surface area contributed by atoms with Crippen molar-refractivity contribution in [2.24, 2.45) is 17.3 Å². The van der Waals surface area contributed by atoms with Crippen molar-refractivity contribution in [1.29, 1.82) is 0 Å². The summed E-state index contributed by atoms with van der Waals surface area (Å²) >= 11 is 0. The van der Waals surface area contributed by atoms with E-state index in [1.165, 1.54) is 43.2 Å². The molecule has 0 aliphatic carbocycles. The number of hydrogen-bond acceptors (Lipinski definition) is 0. The second kappa shape index (κ2) is 7.86. The van der Waals surface area contributed by atoms with Crippen LogP contribution in [0.3, 0.4) is 0 Å². The van der Waals surface area contributed by atoms with E-state index in [0.29, 0.717) is 5.41 Å². The molecule has 0 nitrogen and oxygen atoms in total. The van der Waals surface area contributed by atoms with Crippen LogP contribution in [0, 0.1) is 24.2 Å². The second-order valence-electron chi connectivity index (χ2n) is 7.39. The van der Waals surface area contributed by atoms with E-state index >= 15 is 0 Å². The third-order valence-electron chi connectivity index (χ3n) is 4.87. The molecule has 0 heteroatoms. The molecule has 0 N–H and O–H groups in total. The Hall–Kier alpha value is -0.780. The van der Waals surface area contributed by atoms with Crippen molar-refractivity contribution < 1.29 is 0 Å². The maximum absolute atomic E-state index is 2.47. The molecule has 1 rings (SSSR count). The summed E-state index contributed by atoms with van der Waals surface area (Å²) in [7, 11) is 0. The van der Waals surface area contributed by atoms with Gasteiger partial charge in [-0.2, -0.15) is 0 Å². The maximum Gasteiger partial charge on any atom is -0.0224 e. The van der Waals surface area contributed by atoms with Gasteiger partial charge in [-0.15, -0.1) is 0 Å². The lowest BCUT2D eigenvalue weighted by atomic mass is 9.69. The van der Waals surface area contributed by atoms with Crippen molar-refractivity contribution in [3.8, 4) is 0 Å². The lowest BCUT2D eigenvalue weighted by molar-refractivity contribution is 0.162. The standard InChI is InChI=1S/C20H34/c1-7-10-19(14-16(3)8-2)20(5,6)15-18-12-9-11-17(4)13-18/h9,11-13,16,19H,7-8,10,14-15H2,1-6H3. The summed E-state index contributed by atoms with van der Waals surface area (Å²) in [5.41, 5.74) is 3.28. The molecule has 1 aromatic carbocycles. The highest BCUT2D eigenvalue weighted by Crippen LogP contribution is 2.38. The maximum atomic E-state index is 2.47. The van der Waals surface area contributed by atoms with Crippen molar-refractivity contribution in [3.05, 3.63) is 35.4 Å². The molecular formula is C20H34. The first-order valence-electron chi connectivity index (χ1n) is 8.44. The Bertz CT molecular complexity index is 389. The van der Waals surface area contributed by atoms with Crippen LogP contribution < -0.4 is 0 Å². The van der Waals surface area contributed by atoms with E-state index in [4.69, 9.17) is 0 Å². The normalized spacial score (nSPS) is 15.1. The zero-order valence-corrected chi connectivity index (χ0v) is 14.5. The fraction of sp³-hybridized carbons (Fsp3) is 0.700. The van der Waals surface area contributed by atoms with Gasteiger partial charge in [-0.1, -0.05) is 83.7 Å². The summed E-state index contributed by atoms with van der Waals surface area (Å²) in [6.45, 7) is 14.2. The molecule has 0 radical (unpaired) electrons. The number of aryl methyl sites for hydroxylation is 1. The Kier molecular flexibility index (Phi) is 6.79. The molecule has 0 saturated carbocycles. The van der Waals surface area contributed by atoms with Gasteiger partial charge in [0, 0.05) is 0 Å². The van der Waals surface area contributed by atoms with Gasteiger partial charge in [-0.05, 0) is 42.6 Å². The monoisotopic (exact) mass is 274 g/mol. The minimum absolute atomic E-state index is 0.396. The first-order chi connectivity index (χ1) is 9.39. The zero-order valence-electron chi connectivity index (χ0n) is 14.5. The van der Waals surface area contributed by atoms with Crippen LogP contribution in [0.15, 0.2) is 24.3 Å². The SMILES string of the molecule is CCCC(CC(C)CC)C(C)(C)Cc1cccc(C)c1. The average Bonchev–Trinajstić information content (AvgIpc) is 2.37. The quantitative estimate of drug-likeness (QED) is 0.513. The molecule has 20 heavy (non-hydrogen) atoms. The van der Waals surface area contributed by atoms with Gasteiger partial charge in [0.2, 0.25) is 0 Å². The van der Waals surface area contributed by atoms with Gasteiger partial charge in [0.25, 0.3) is 0 Å². The predicted molar refractivity (Wildman–Crippen MR) is 91.1 cm³/mol. The minimum atomic E-state index is 0.396. The van der Waals surface area contributed by atoms with Gasteiger partial charge in [-0.3, -0.25) is 0 Å². The molecule has 0 amide bonds. The third-order valence-corrected chi connectivity index (χ3v) is 4.87. The number of rotatable bonds is 8. The van der Waals surface area contributed by atoms with Crippen LogP contribution in [-0.2, 0) is 6.42 Å². The fourth-order valence-electron chi connectivity index (χ4n) is 3.32. The van der Waals surface area contributed by atoms with Crippen molar-refractivity contribution in [2.75, 3.05) is 0 Å². The Balaban J connectivity index is 2.80. The predicted octanol–water partition coefficient (Wildman–Crippen LogP) is 6.42. The van der Waals surface area contributed by atoms with Crippen LogP contribution in [0.4, 0.5) is 0 Å². The Morgan fingerprint density at radius 1 is 1.15 bits per heavy atom. The highest BCUT2D eigenvalue weighted by molar-refractivity contribution is 5.23. The molecule has 0 spiro atoms. The molecular weight excluding hydrogens is 240 g/mol. The molecule has 0 aromatic heterocycles. The summed E-state index contributed by atoms with van der Waals surface area (Å²) < 4.78 is 0. The highest BCUT2D eigenvalue weighted by Gasteiger charge is 2.29. The van der Waals surface area contributed by atoms with E-state index in [9.17, 15) is 0 Å². The molecule has 0 aliphatic heterocycles. The van der Waals surface area contributed by atoms with Gasteiger partial charge < -0.3 is 0 Å². The van der Waals surface area contributed by atoms with Crippen LogP contribution in [-0.4, -0.2) is 0 Å². The number of benzene rings is 1. The molecule has 0 heterocycles. The molecule has 0 aliphatic rings. The molecule has 2 atom stereocenters. The summed E-state index contributed by atoms with van der Waals surface area (Å²) in [5.74, 6) is 1.69. The molecule has 2 unspecified atom stereocenters. The Morgan fingerprint density at radius 3 is 2.40 bits per heavy atom. The van der Waals surface area contributed by atoms with Gasteiger partial charge in [-0.25, -0.2) is 0 Å². The summed E-state index contributed by atoms with van der Waals surface area (Å²) in [5, 5.41) is 0. The van der Waals surface area contributed by atoms with Gasteiger partial charge in [0.15, 0.2) is 0 Å². The summed E-state index contributed by atoms with van der Waals surface area (Å²) in [6, 6.07) is 9.04. The lowest BCUT2D eigenvalue weighted by Crippen LogP contribution is -2.28. The van der Waals surface area contributed by atoms with Crippen LogP contribution >= 0.6 is 0 Å². The first-order valence-corrected chi connectivity index (χ1v) is 8.44. The average molecular weight is 274 g/mol. The molecule has 114 valence electrons. The van der Waals surface area contributed by atoms with E-state index in [0.717, 1.165) is 11.8 Å². The van der Waals surface area contributed by atoms with Crippen LogP contribution in [0.2, 0.25) is 0 Å². The molecule has 0 saturated heterocycles. The van der Waals surface area contributed by atoms with Gasteiger partial charge >= 0.3 is 0 Å². The van der Waals surface area contributed by atoms with Crippen molar-refractivity contribution in [1.82, 2.24) is 0 Å². The minimum Gasteiger partial charge on any atom is -0.0654 e. The van der Waals surface area contributed by atoms with Gasteiger partial charge in [0.05, 0.1) is 0 Å². The van der Waals surface area contributed by atoms with E-state index in [1.54, 1.807) is 0 Å². The van der Waals surface area contributed by atoms with Crippen molar-refractivity contribution in [3.63, 3.8) is 0 Å². The third kappa shape index (κ3) is 5.31. The molecule has 0 bridgehead atoms. The van der Waals surface area contributed by atoms with Crippen LogP contribution in [0.1, 0.15) is 71.4 Å². The van der Waals surface area contributed by atoms with Gasteiger partial charge in [0.1, 0.15) is 0 Å². The topological polar surface area (TPSA) is 0 Å². The lowest BCUT2D eigenvalue weighted by Gasteiger charge is -2.36. The number of hydrogen-bond donors (Lipinski definition) is 0. The van der Waals surface area contributed by atoms with Crippen LogP contribution in [0.25, 0.3) is 0 Å². The van der Waals surface area contributed by atoms with Crippen LogP contribution in [0.5, 0.6) is 0 Å². The van der Waals surface area contributed by atoms with Crippen molar-refractivity contribution in [2.45, 2.75) is 73.6 Å². The largest absolute Gasteiger partial charge is 0.0654 e. The summed E-state index contributed by atoms with van der Waals surface area (Å²) in [6.07, 6.45) is 6.56. The fourth-order valence-corrected chi connectivity index (χ4v) is 3.32. The van der Waals surface area contributed by atoms with E-state index in [1.807, 2.05) is 0 Å². The van der Waals surface area contributed by atoms with E-state index < -0.39 is 0 Å². The van der Waals surface area contributed by atoms with Crippen molar-refractivity contribution >= 4 is 0 Å². The molecule has 0 fully saturated rings. The van der Waals surface area contributed by atoms with E-state index in [2.05, 4.69) is 65.8 Å². The van der Waals surface area contributed by atoms with E-state index in [-0.39, 0.29) is 0 Å². The zero-order chi connectivity index (χ0) is 15.2. The second-order valence-corrected chi connectivity index (χ2v) is 7.39. The first kappa shape index (κ1) is 17.3. The summed E-state index contributed by atoms with van der Waals surface area (Å²) in [4.78, 5) is 0. The molecule has 1 aromatic rings. The Labute approximate surface area is 127 Å². The Morgan fingerprint density at radius 2 is 1.85 bits per heavy atom. The highest BCUT2D eigenvalue weighted by atomic mass is 14.3.